The van der Waals surface area contributed by atoms with Crippen LogP contribution in [0.1, 0.15) is 35.2 Å². The van der Waals surface area contributed by atoms with E-state index in [1.54, 1.807) is 23.1 Å². The van der Waals surface area contributed by atoms with Crippen molar-refractivity contribution in [2.75, 3.05) is 16.8 Å². The number of benzene rings is 2. The van der Waals surface area contributed by atoms with Gasteiger partial charge in [-0.05, 0) is 61.7 Å². The maximum atomic E-state index is 13.2. The number of hydrogen-bond donors (Lipinski definition) is 1. The number of rotatable bonds is 3. The van der Waals surface area contributed by atoms with Crippen LogP contribution in [0.5, 0.6) is 0 Å². The van der Waals surface area contributed by atoms with E-state index in [2.05, 4.69) is 5.32 Å². The molecule has 0 spiro atoms. The van der Waals surface area contributed by atoms with Crippen LogP contribution in [0.3, 0.4) is 0 Å². The normalized spacial score (nSPS) is 14.5. The summed E-state index contributed by atoms with van der Waals surface area (Å²) in [7, 11) is 0. The number of nitrogens with zero attached hydrogens (tertiary/aromatic N) is 1. The highest BCUT2D eigenvalue weighted by Gasteiger charge is 2.21. The van der Waals surface area contributed by atoms with Gasteiger partial charge in [-0.1, -0.05) is 0 Å². The number of nitrogens with one attached hydrogen (secondary N) is 1. The summed E-state index contributed by atoms with van der Waals surface area (Å²) in [5, 5.41) is 2.66. The van der Waals surface area contributed by atoms with Crippen molar-refractivity contribution in [1.29, 1.82) is 0 Å². The lowest BCUT2D eigenvalue weighted by Gasteiger charge is -2.28. The van der Waals surface area contributed by atoms with Gasteiger partial charge in [0.1, 0.15) is 0 Å². The number of aryl methyl sites for hydroxylation is 1. The molecule has 1 N–H and O–H groups in total. The van der Waals surface area contributed by atoms with E-state index in [-0.39, 0.29) is 11.5 Å². The molecule has 2 amide bonds. The first-order chi connectivity index (χ1) is 12.0. The predicted octanol–water partition coefficient (Wildman–Crippen LogP) is 4.04. The van der Waals surface area contributed by atoms with Crippen LogP contribution in [0.15, 0.2) is 36.4 Å². The monoisotopic (exact) mass is 344 g/mol. The van der Waals surface area contributed by atoms with Gasteiger partial charge in [-0.3, -0.25) is 9.59 Å². The molecule has 0 aliphatic carbocycles. The molecule has 3 rings (SSSR count). The minimum absolute atomic E-state index is 0.0341. The topological polar surface area (TPSA) is 49.4 Å². The van der Waals surface area contributed by atoms with Crippen LogP contribution in [0, 0.1) is 18.6 Å². The fourth-order valence-corrected chi connectivity index (χ4v) is 2.94. The highest BCUT2D eigenvalue weighted by atomic mass is 19.2. The molecule has 25 heavy (non-hydrogen) atoms. The molecule has 0 radical (unpaired) electrons. The molecule has 1 aliphatic heterocycles. The van der Waals surface area contributed by atoms with E-state index in [0.717, 1.165) is 36.2 Å². The third kappa shape index (κ3) is 3.68. The summed E-state index contributed by atoms with van der Waals surface area (Å²) in [4.78, 5) is 26.0. The summed E-state index contributed by atoms with van der Waals surface area (Å²) >= 11 is 0. The lowest BCUT2D eigenvalue weighted by atomic mass is 10.1. The third-order valence-electron chi connectivity index (χ3n) is 4.25. The van der Waals surface area contributed by atoms with Crippen molar-refractivity contribution in [2.24, 2.45) is 0 Å². The third-order valence-corrected chi connectivity index (χ3v) is 4.25. The Bertz CT molecular complexity index is 836. The molecule has 1 heterocycles. The van der Waals surface area contributed by atoms with Crippen LogP contribution >= 0.6 is 0 Å². The van der Waals surface area contributed by atoms with Gasteiger partial charge in [0.05, 0.1) is 0 Å². The molecule has 130 valence electrons. The molecule has 2 aromatic carbocycles. The number of halogens is 2. The highest BCUT2D eigenvalue weighted by molar-refractivity contribution is 6.04. The Labute approximate surface area is 144 Å². The standard InChI is InChI=1S/C19H18F2N2O2/c1-12-10-14(6-8-17(12)23-9-3-2-4-18(23)24)22-19(25)13-5-7-15(20)16(21)11-13/h5-8,10-11H,2-4,9H2,1H3,(H,22,25). The molecule has 0 aromatic heterocycles. The first-order valence-corrected chi connectivity index (χ1v) is 8.13. The van der Waals surface area contributed by atoms with Crippen molar-refractivity contribution in [2.45, 2.75) is 26.2 Å². The molecular formula is C19H18F2N2O2. The van der Waals surface area contributed by atoms with Gasteiger partial charge in [0, 0.05) is 29.9 Å². The van der Waals surface area contributed by atoms with E-state index in [1.165, 1.54) is 6.07 Å². The lowest BCUT2D eigenvalue weighted by Crippen LogP contribution is -2.35. The fraction of sp³-hybridized carbons (Fsp3) is 0.263. The second-order valence-electron chi connectivity index (χ2n) is 6.09. The van der Waals surface area contributed by atoms with E-state index in [4.69, 9.17) is 0 Å². The number of amides is 2. The Morgan fingerprint density at radius 1 is 1.08 bits per heavy atom. The van der Waals surface area contributed by atoms with Gasteiger partial charge in [0.25, 0.3) is 5.91 Å². The van der Waals surface area contributed by atoms with Crippen LogP contribution < -0.4 is 10.2 Å². The molecule has 6 heteroatoms. The lowest BCUT2D eigenvalue weighted by molar-refractivity contribution is -0.119. The van der Waals surface area contributed by atoms with Crippen molar-refractivity contribution in [3.63, 3.8) is 0 Å². The molecule has 0 atom stereocenters. The molecule has 2 aromatic rings. The summed E-state index contributed by atoms with van der Waals surface area (Å²) in [6.45, 7) is 2.56. The molecule has 1 fully saturated rings. The van der Waals surface area contributed by atoms with Crippen LogP contribution in [0.25, 0.3) is 0 Å². The Hall–Kier alpha value is -2.76. The van der Waals surface area contributed by atoms with Gasteiger partial charge in [0.2, 0.25) is 5.91 Å². The van der Waals surface area contributed by atoms with Gasteiger partial charge in [-0.15, -0.1) is 0 Å². The van der Waals surface area contributed by atoms with Gasteiger partial charge in [-0.2, -0.15) is 0 Å². The molecule has 0 unspecified atom stereocenters. The number of anilines is 2. The maximum absolute atomic E-state index is 13.2. The van der Waals surface area contributed by atoms with Crippen molar-refractivity contribution < 1.29 is 18.4 Å². The summed E-state index contributed by atoms with van der Waals surface area (Å²) in [5.74, 6) is -2.49. The first-order valence-electron chi connectivity index (χ1n) is 8.13. The highest BCUT2D eigenvalue weighted by Crippen LogP contribution is 2.27. The molecule has 4 nitrogen and oxygen atoms in total. The Kier molecular flexibility index (Phi) is 4.79. The summed E-state index contributed by atoms with van der Waals surface area (Å²) in [6.07, 6.45) is 2.44. The van der Waals surface area contributed by atoms with Crippen LogP contribution in [-0.4, -0.2) is 18.4 Å². The van der Waals surface area contributed by atoms with Crippen molar-refractivity contribution in [3.05, 3.63) is 59.2 Å². The minimum Gasteiger partial charge on any atom is -0.322 e. The zero-order valence-corrected chi connectivity index (χ0v) is 13.8. The number of carbonyl (C=O) groups excluding carboxylic acids is 2. The van der Waals surface area contributed by atoms with E-state index < -0.39 is 17.5 Å². The SMILES string of the molecule is Cc1cc(NC(=O)c2ccc(F)c(F)c2)ccc1N1CCCCC1=O. The smallest absolute Gasteiger partial charge is 0.255 e. The van der Waals surface area contributed by atoms with Crippen molar-refractivity contribution in [3.8, 4) is 0 Å². The first kappa shape index (κ1) is 17.1. The van der Waals surface area contributed by atoms with E-state index >= 15 is 0 Å². The Morgan fingerprint density at radius 2 is 1.88 bits per heavy atom. The fourth-order valence-electron chi connectivity index (χ4n) is 2.94. The summed E-state index contributed by atoms with van der Waals surface area (Å²) in [6, 6.07) is 8.25. The van der Waals surface area contributed by atoms with E-state index in [9.17, 15) is 18.4 Å². The molecular weight excluding hydrogens is 326 g/mol. The second kappa shape index (κ2) is 7.01. The molecule has 0 bridgehead atoms. The van der Waals surface area contributed by atoms with E-state index in [0.29, 0.717) is 18.7 Å². The minimum atomic E-state index is -1.07. The van der Waals surface area contributed by atoms with Crippen LogP contribution in [-0.2, 0) is 4.79 Å². The van der Waals surface area contributed by atoms with E-state index in [1.807, 2.05) is 6.92 Å². The van der Waals surface area contributed by atoms with Crippen LogP contribution in [0.4, 0.5) is 20.2 Å². The van der Waals surface area contributed by atoms with Gasteiger partial charge in [-0.25, -0.2) is 8.78 Å². The average Bonchev–Trinajstić information content (AvgIpc) is 2.58. The Morgan fingerprint density at radius 3 is 2.56 bits per heavy atom. The predicted molar refractivity (Wildman–Crippen MR) is 91.7 cm³/mol. The number of hydrogen-bond acceptors (Lipinski definition) is 2. The summed E-state index contributed by atoms with van der Waals surface area (Å²) in [5.41, 5.74) is 2.25. The van der Waals surface area contributed by atoms with Crippen LogP contribution in [0.2, 0.25) is 0 Å². The quantitative estimate of drug-likeness (QED) is 0.913. The zero-order valence-electron chi connectivity index (χ0n) is 13.8. The molecule has 1 saturated heterocycles. The maximum Gasteiger partial charge on any atom is 0.255 e. The Balaban J connectivity index is 1.77. The molecule has 0 saturated carbocycles. The number of carbonyl (C=O) groups is 2. The average molecular weight is 344 g/mol. The van der Waals surface area contributed by atoms with Gasteiger partial charge < -0.3 is 10.2 Å². The number of piperidine rings is 1. The summed E-state index contributed by atoms with van der Waals surface area (Å²) < 4.78 is 26.2. The van der Waals surface area contributed by atoms with Crippen molar-refractivity contribution >= 4 is 23.2 Å². The molecule has 1 aliphatic rings. The largest absolute Gasteiger partial charge is 0.322 e. The van der Waals surface area contributed by atoms with Crippen molar-refractivity contribution in [1.82, 2.24) is 0 Å². The van der Waals surface area contributed by atoms with Gasteiger partial charge in [0.15, 0.2) is 11.6 Å². The zero-order chi connectivity index (χ0) is 18.0. The van der Waals surface area contributed by atoms with Gasteiger partial charge >= 0.3 is 0 Å². The second-order valence-corrected chi connectivity index (χ2v) is 6.09.